The number of nitrogens with one attached hydrogen (secondary N) is 1. The Morgan fingerprint density at radius 3 is 2.80 bits per heavy atom. The molecule has 2 saturated carbocycles. The minimum atomic E-state index is -0.0104. The molecule has 0 spiro atoms. The summed E-state index contributed by atoms with van der Waals surface area (Å²) in [6.45, 7) is 1.17. The van der Waals surface area contributed by atoms with Gasteiger partial charge in [0.1, 0.15) is 0 Å². The molecule has 2 nitrogen and oxygen atoms in total. The largest absolute Gasteiger partial charge is 0.391 e. The minimum absolute atomic E-state index is 0.0104. The molecule has 0 amide bonds. The summed E-state index contributed by atoms with van der Waals surface area (Å²) in [5.74, 6) is 2.40. The van der Waals surface area contributed by atoms with Crippen LogP contribution in [0.4, 0.5) is 0 Å². The topological polar surface area (TPSA) is 32.3 Å². The number of rotatable bonds is 0. The lowest BCUT2D eigenvalue weighted by molar-refractivity contribution is 0.0909. The number of hydrogen-bond donors (Lipinski definition) is 2. The van der Waals surface area contributed by atoms with E-state index in [1.165, 1.54) is 19.4 Å². The van der Waals surface area contributed by atoms with E-state index >= 15 is 0 Å². The predicted octanol–water partition coefficient (Wildman–Crippen LogP) is -0.0249. The first-order chi connectivity index (χ1) is 4.86. The first-order valence-corrected chi connectivity index (χ1v) is 4.28. The normalized spacial score (nSPS) is 63.9. The van der Waals surface area contributed by atoms with Crippen molar-refractivity contribution < 1.29 is 5.11 Å². The Kier molecular flexibility index (Phi) is 0.868. The fraction of sp³-hybridized carbons (Fsp3) is 1.00. The molecule has 56 valence electrons. The third kappa shape index (κ3) is 0.453. The maximum Gasteiger partial charge on any atom is 0.0724 e. The van der Waals surface area contributed by atoms with Gasteiger partial charge >= 0.3 is 0 Å². The minimum Gasteiger partial charge on any atom is -0.391 e. The van der Waals surface area contributed by atoms with Crippen molar-refractivity contribution in [2.45, 2.75) is 25.0 Å². The fourth-order valence-electron chi connectivity index (χ4n) is 3.26. The van der Waals surface area contributed by atoms with Crippen LogP contribution < -0.4 is 5.32 Å². The molecule has 5 atom stereocenters. The maximum atomic E-state index is 9.64. The molecule has 0 radical (unpaired) electrons. The Morgan fingerprint density at radius 1 is 1.20 bits per heavy atom. The molecule has 2 heteroatoms. The van der Waals surface area contributed by atoms with E-state index in [0.717, 1.165) is 11.8 Å². The SMILES string of the molecule is O[C@H]1[C@@H]2C[C@@H]3CN[C@H]1[C@@H]3C2. The molecular formula is C8H13NO. The summed E-state index contributed by atoms with van der Waals surface area (Å²) in [4.78, 5) is 0. The van der Waals surface area contributed by atoms with Crippen LogP contribution in [0.25, 0.3) is 0 Å². The Labute approximate surface area is 60.6 Å². The van der Waals surface area contributed by atoms with E-state index in [0.29, 0.717) is 12.0 Å². The summed E-state index contributed by atoms with van der Waals surface area (Å²) in [7, 11) is 0. The summed E-state index contributed by atoms with van der Waals surface area (Å²) in [5, 5.41) is 13.1. The second-order valence-corrected chi connectivity index (χ2v) is 4.08. The van der Waals surface area contributed by atoms with Gasteiger partial charge in [0.05, 0.1) is 6.10 Å². The van der Waals surface area contributed by atoms with Crippen LogP contribution in [0.1, 0.15) is 12.8 Å². The zero-order chi connectivity index (χ0) is 6.72. The second-order valence-electron chi connectivity index (χ2n) is 4.08. The molecule has 2 N–H and O–H groups in total. The van der Waals surface area contributed by atoms with E-state index in [9.17, 15) is 5.11 Å². The molecule has 0 aromatic heterocycles. The van der Waals surface area contributed by atoms with E-state index in [2.05, 4.69) is 5.32 Å². The van der Waals surface area contributed by atoms with Crippen molar-refractivity contribution in [2.24, 2.45) is 17.8 Å². The van der Waals surface area contributed by atoms with Crippen LogP contribution in [0.3, 0.4) is 0 Å². The van der Waals surface area contributed by atoms with Crippen molar-refractivity contribution in [3.63, 3.8) is 0 Å². The van der Waals surface area contributed by atoms with Crippen LogP contribution in [0.5, 0.6) is 0 Å². The van der Waals surface area contributed by atoms with Crippen LogP contribution in [-0.4, -0.2) is 23.8 Å². The Bertz CT molecular complexity index is 169. The lowest BCUT2D eigenvalue weighted by atomic mass is 9.88. The van der Waals surface area contributed by atoms with Crippen molar-refractivity contribution in [2.75, 3.05) is 6.54 Å². The summed E-state index contributed by atoms with van der Waals surface area (Å²) in [6, 6.07) is 0.476. The summed E-state index contributed by atoms with van der Waals surface area (Å²) in [6.07, 6.45) is 2.57. The average molecular weight is 139 g/mol. The van der Waals surface area contributed by atoms with Gasteiger partial charge in [0, 0.05) is 6.04 Å². The molecule has 0 unspecified atom stereocenters. The van der Waals surface area contributed by atoms with Gasteiger partial charge in [-0.2, -0.15) is 0 Å². The van der Waals surface area contributed by atoms with Gasteiger partial charge in [-0.1, -0.05) is 0 Å². The number of hydrogen-bond acceptors (Lipinski definition) is 2. The van der Waals surface area contributed by atoms with Gasteiger partial charge in [-0.3, -0.25) is 0 Å². The van der Waals surface area contributed by atoms with Gasteiger partial charge in [-0.15, -0.1) is 0 Å². The van der Waals surface area contributed by atoms with Crippen molar-refractivity contribution in [3.05, 3.63) is 0 Å². The maximum absolute atomic E-state index is 9.64. The van der Waals surface area contributed by atoms with Crippen molar-refractivity contribution in [3.8, 4) is 0 Å². The quantitative estimate of drug-likeness (QED) is 0.494. The zero-order valence-corrected chi connectivity index (χ0v) is 5.96. The average Bonchev–Trinajstić information content (AvgIpc) is 2.43. The molecule has 2 bridgehead atoms. The van der Waals surface area contributed by atoms with E-state index in [4.69, 9.17) is 0 Å². The van der Waals surface area contributed by atoms with E-state index in [-0.39, 0.29) is 6.10 Å². The highest BCUT2D eigenvalue weighted by molar-refractivity contribution is 5.09. The van der Waals surface area contributed by atoms with Gasteiger partial charge in [-0.25, -0.2) is 0 Å². The van der Waals surface area contributed by atoms with Crippen LogP contribution in [0, 0.1) is 17.8 Å². The molecular weight excluding hydrogens is 126 g/mol. The lowest BCUT2D eigenvalue weighted by Crippen LogP contribution is -2.37. The lowest BCUT2D eigenvalue weighted by Gasteiger charge is -2.22. The highest BCUT2D eigenvalue weighted by atomic mass is 16.3. The first kappa shape index (κ1) is 5.56. The number of fused-ring (bicyclic) bond motifs is 1. The molecule has 1 saturated heterocycles. The van der Waals surface area contributed by atoms with Crippen molar-refractivity contribution >= 4 is 0 Å². The Balaban J connectivity index is 2.00. The second kappa shape index (κ2) is 1.56. The number of aliphatic hydroxyl groups excluding tert-OH is 1. The molecule has 0 aromatic carbocycles. The van der Waals surface area contributed by atoms with Gasteiger partial charge in [0.2, 0.25) is 0 Å². The molecule has 0 aromatic rings. The third-order valence-electron chi connectivity index (χ3n) is 3.71. The van der Waals surface area contributed by atoms with E-state index in [1.54, 1.807) is 0 Å². The Morgan fingerprint density at radius 2 is 2.10 bits per heavy atom. The smallest absolute Gasteiger partial charge is 0.0724 e. The standard InChI is InChI=1S/C8H13NO/c10-8-4-1-5-3-9-7(8)6(5)2-4/h4-10H,1-3H2/t4-,5-,6-,7+,8+/m1/s1. The fourth-order valence-corrected chi connectivity index (χ4v) is 3.26. The van der Waals surface area contributed by atoms with Crippen LogP contribution >= 0.6 is 0 Å². The third-order valence-corrected chi connectivity index (χ3v) is 3.71. The summed E-state index contributed by atoms with van der Waals surface area (Å²) >= 11 is 0. The van der Waals surface area contributed by atoms with Gasteiger partial charge in [0.25, 0.3) is 0 Å². The first-order valence-electron chi connectivity index (χ1n) is 4.28. The van der Waals surface area contributed by atoms with E-state index in [1.807, 2.05) is 0 Å². The van der Waals surface area contributed by atoms with Crippen molar-refractivity contribution in [1.82, 2.24) is 5.32 Å². The van der Waals surface area contributed by atoms with Gasteiger partial charge in [-0.05, 0) is 37.1 Å². The molecule has 1 aliphatic heterocycles. The molecule has 10 heavy (non-hydrogen) atoms. The van der Waals surface area contributed by atoms with Crippen LogP contribution in [0.2, 0.25) is 0 Å². The molecule has 3 aliphatic rings. The monoisotopic (exact) mass is 139 g/mol. The number of aliphatic hydroxyl groups is 1. The highest BCUT2D eigenvalue weighted by Gasteiger charge is 2.55. The molecule has 2 aliphatic carbocycles. The van der Waals surface area contributed by atoms with Crippen LogP contribution in [0.15, 0.2) is 0 Å². The molecule has 3 fully saturated rings. The van der Waals surface area contributed by atoms with Crippen LogP contribution in [-0.2, 0) is 0 Å². The zero-order valence-electron chi connectivity index (χ0n) is 5.96. The highest BCUT2D eigenvalue weighted by Crippen LogP contribution is 2.51. The molecule has 1 heterocycles. The van der Waals surface area contributed by atoms with E-state index < -0.39 is 0 Å². The summed E-state index contributed by atoms with van der Waals surface area (Å²) in [5.41, 5.74) is 0. The summed E-state index contributed by atoms with van der Waals surface area (Å²) < 4.78 is 0. The Hall–Kier alpha value is -0.0800. The van der Waals surface area contributed by atoms with Gasteiger partial charge < -0.3 is 10.4 Å². The molecule has 3 rings (SSSR count). The predicted molar refractivity (Wildman–Crippen MR) is 37.5 cm³/mol. The van der Waals surface area contributed by atoms with Gasteiger partial charge in [0.15, 0.2) is 0 Å². The van der Waals surface area contributed by atoms with Crippen molar-refractivity contribution in [1.29, 1.82) is 0 Å².